The Labute approximate surface area is 214 Å². The van der Waals surface area contributed by atoms with Gasteiger partial charge in [0.1, 0.15) is 11.3 Å². The summed E-state index contributed by atoms with van der Waals surface area (Å²) in [5.41, 5.74) is 3.71. The Kier molecular flexibility index (Phi) is 5.13. The minimum Gasteiger partial charge on any atom is -0.386 e. The lowest BCUT2D eigenvalue weighted by molar-refractivity contribution is -0.263. The van der Waals surface area contributed by atoms with Gasteiger partial charge in [0.25, 0.3) is 0 Å². The van der Waals surface area contributed by atoms with Gasteiger partial charge in [-0.25, -0.2) is 0 Å². The molecular weight excluding hydrogens is 470 g/mol. The minimum atomic E-state index is -2.28. The first-order chi connectivity index (χ1) is 17.7. The number of benzene rings is 2. The van der Waals surface area contributed by atoms with Gasteiger partial charge in [-0.05, 0) is 44.9 Å². The predicted octanol–water partition coefficient (Wildman–Crippen LogP) is 3.35. The maximum Gasteiger partial charge on any atom is 0.422 e. The van der Waals surface area contributed by atoms with Crippen LogP contribution in [0.25, 0.3) is 0 Å². The second-order valence-corrected chi connectivity index (χ2v) is 9.71. The van der Waals surface area contributed by atoms with Crippen LogP contribution in [0.4, 0.5) is 5.69 Å². The van der Waals surface area contributed by atoms with Gasteiger partial charge in [0.2, 0.25) is 11.3 Å². The highest BCUT2D eigenvalue weighted by molar-refractivity contribution is 6.21. The molecule has 1 saturated carbocycles. The minimum absolute atomic E-state index is 0.228. The van der Waals surface area contributed by atoms with Gasteiger partial charge in [-0.2, -0.15) is 15.5 Å². The molecule has 0 radical (unpaired) electrons. The smallest absolute Gasteiger partial charge is 0.386 e. The molecule has 5 rings (SSSR count). The maximum atomic E-state index is 14.5. The number of nitrogens with two attached hydrogens (primary N) is 1. The molecule has 0 bridgehead atoms. The topological polar surface area (TPSA) is 149 Å². The summed E-state index contributed by atoms with van der Waals surface area (Å²) in [7, 11) is 0. The fourth-order valence-corrected chi connectivity index (χ4v) is 5.81. The number of anilines is 1. The fourth-order valence-electron chi connectivity index (χ4n) is 5.81. The first-order valence-corrected chi connectivity index (χ1v) is 11.7. The highest BCUT2D eigenvalue weighted by Gasteiger charge is 3.07. The van der Waals surface area contributed by atoms with Gasteiger partial charge in [0.15, 0.2) is 5.41 Å². The summed E-state index contributed by atoms with van der Waals surface area (Å²) in [5, 5.41) is 29.5. The number of amides is 1. The van der Waals surface area contributed by atoms with E-state index >= 15 is 0 Å². The van der Waals surface area contributed by atoms with Gasteiger partial charge >= 0.3 is 5.91 Å². The van der Waals surface area contributed by atoms with Crippen LogP contribution < -0.4 is 10.6 Å². The normalized spacial score (nSPS) is 27.8. The van der Waals surface area contributed by atoms with Crippen LogP contribution in [-0.4, -0.2) is 29.1 Å². The van der Waals surface area contributed by atoms with Crippen molar-refractivity contribution in [2.24, 2.45) is 31.9 Å². The first-order valence-electron chi connectivity index (χ1n) is 11.7. The molecule has 2 aromatic rings. The Morgan fingerprint density at radius 1 is 0.973 bits per heavy atom. The second-order valence-electron chi connectivity index (χ2n) is 9.71. The molecule has 186 valence electrons. The Bertz CT molecular complexity index is 1460. The van der Waals surface area contributed by atoms with Crippen molar-refractivity contribution in [1.29, 1.82) is 10.5 Å². The average Bonchev–Trinajstić information content (AvgIpc) is 3.29. The first kappa shape index (κ1) is 24.0. The van der Waals surface area contributed by atoms with E-state index in [1.54, 1.807) is 56.9 Å². The molecule has 1 amide bonds. The molecule has 10 heteroatoms. The summed E-state index contributed by atoms with van der Waals surface area (Å²) in [6, 6.07) is 20.9. The number of nitrogens with zero attached hydrogens (tertiary/aromatic N) is 6. The van der Waals surface area contributed by atoms with Crippen molar-refractivity contribution in [1.82, 2.24) is 0 Å². The third kappa shape index (κ3) is 2.62. The highest BCUT2D eigenvalue weighted by Crippen LogP contribution is 2.87. The molecule has 3 unspecified atom stereocenters. The standard InChI is InChI=1S/C27H25N7O3/c1-17(2)32-36-27(37-33-18(3)4)25(16-29)24(15-28,22(30)31-27)26(25)20-12-8-9-13-21(20)34(23(26)35)14-19-10-6-5-7-11-19/h5-13H,14H2,1-4H3,(H2,30,31). The van der Waals surface area contributed by atoms with Crippen molar-refractivity contribution >= 4 is 28.9 Å². The molecule has 2 aromatic carbocycles. The van der Waals surface area contributed by atoms with Crippen LogP contribution in [0.2, 0.25) is 0 Å². The number of hydrogen-bond acceptors (Lipinski definition) is 9. The summed E-state index contributed by atoms with van der Waals surface area (Å²) >= 11 is 0. The Balaban J connectivity index is 1.79. The van der Waals surface area contributed by atoms with Gasteiger partial charge in [-0.1, -0.05) is 58.8 Å². The number of aliphatic imine (C=N–C) groups is 1. The summed E-state index contributed by atoms with van der Waals surface area (Å²) in [4.78, 5) is 32.0. The zero-order chi connectivity index (χ0) is 26.6. The van der Waals surface area contributed by atoms with Gasteiger partial charge in [0.05, 0.1) is 30.1 Å². The molecule has 3 aliphatic rings. The van der Waals surface area contributed by atoms with E-state index in [-0.39, 0.29) is 12.4 Å². The number of oxime groups is 2. The highest BCUT2D eigenvalue weighted by atomic mass is 16.8. The van der Waals surface area contributed by atoms with Gasteiger partial charge < -0.3 is 20.3 Å². The lowest BCUT2D eigenvalue weighted by Crippen LogP contribution is -2.48. The van der Waals surface area contributed by atoms with Crippen molar-refractivity contribution < 1.29 is 14.5 Å². The van der Waals surface area contributed by atoms with Gasteiger partial charge in [-0.3, -0.25) is 4.79 Å². The van der Waals surface area contributed by atoms with Crippen molar-refractivity contribution in [2.45, 2.75) is 45.6 Å². The monoisotopic (exact) mass is 495 g/mol. The molecule has 2 N–H and O–H groups in total. The van der Waals surface area contributed by atoms with E-state index in [0.29, 0.717) is 22.7 Å². The number of nitriles is 2. The fraction of sp³-hybridized carbons (Fsp3) is 0.333. The molecule has 0 saturated heterocycles. The van der Waals surface area contributed by atoms with Crippen LogP contribution in [0.15, 0.2) is 69.9 Å². The van der Waals surface area contributed by atoms with Crippen molar-refractivity contribution in [3.63, 3.8) is 0 Å². The van der Waals surface area contributed by atoms with Crippen LogP contribution in [0.3, 0.4) is 0 Å². The predicted molar refractivity (Wildman–Crippen MR) is 136 cm³/mol. The largest absolute Gasteiger partial charge is 0.422 e. The number of fused-ring (bicyclic) bond motifs is 5. The van der Waals surface area contributed by atoms with E-state index in [1.807, 2.05) is 30.3 Å². The Morgan fingerprint density at radius 3 is 2.14 bits per heavy atom. The molecular formula is C27H25N7O3. The van der Waals surface area contributed by atoms with Gasteiger partial charge in [0, 0.05) is 5.69 Å². The number of hydrogen-bond donors (Lipinski definition) is 1. The summed E-state index contributed by atoms with van der Waals surface area (Å²) < 4.78 is 0. The van der Waals surface area contributed by atoms with E-state index in [9.17, 15) is 15.3 Å². The van der Waals surface area contributed by atoms with E-state index in [0.717, 1.165) is 5.56 Å². The summed E-state index contributed by atoms with van der Waals surface area (Å²) in [6.45, 7) is 6.95. The van der Waals surface area contributed by atoms with Crippen LogP contribution in [0, 0.1) is 33.5 Å². The number of carbonyl (C=O) groups excluding carboxylic acids is 1. The molecule has 2 aliphatic heterocycles. The molecule has 10 nitrogen and oxygen atoms in total. The van der Waals surface area contributed by atoms with Crippen molar-refractivity contribution in [2.75, 3.05) is 4.90 Å². The Morgan fingerprint density at radius 2 is 1.57 bits per heavy atom. The summed E-state index contributed by atoms with van der Waals surface area (Å²) in [5.74, 6) is -2.99. The quantitative estimate of drug-likeness (QED) is 0.369. The third-order valence-electron chi connectivity index (χ3n) is 7.14. The molecule has 3 atom stereocenters. The number of rotatable bonds is 6. The molecule has 1 fully saturated rings. The van der Waals surface area contributed by atoms with E-state index in [1.165, 1.54) is 0 Å². The van der Waals surface area contributed by atoms with Crippen molar-refractivity contribution in [3.05, 3.63) is 65.7 Å². The number of para-hydroxylation sites is 1. The zero-order valence-electron chi connectivity index (χ0n) is 20.9. The molecule has 1 aliphatic carbocycles. The zero-order valence-corrected chi connectivity index (χ0v) is 20.9. The third-order valence-corrected chi connectivity index (χ3v) is 7.14. The average molecular weight is 496 g/mol. The summed E-state index contributed by atoms with van der Waals surface area (Å²) in [6.07, 6.45) is 0. The lowest BCUT2D eigenvalue weighted by Gasteiger charge is -2.29. The number of amidine groups is 1. The molecule has 1 spiro atoms. The van der Waals surface area contributed by atoms with Crippen LogP contribution >= 0.6 is 0 Å². The van der Waals surface area contributed by atoms with Crippen molar-refractivity contribution in [3.8, 4) is 12.1 Å². The molecule has 37 heavy (non-hydrogen) atoms. The second kappa shape index (κ2) is 7.90. The SMILES string of the molecule is CC(C)=NOC1(ON=C(C)C)N=C(N)C2(C#N)C3(C(=O)N(Cc4ccccc4)c4ccccc43)C12C#N. The Hall–Kier alpha value is -4.70. The van der Waals surface area contributed by atoms with Crippen LogP contribution in [0.5, 0.6) is 0 Å². The maximum absolute atomic E-state index is 14.5. The van der Waals surface area contributed by atoms with Crippen LogP contribution in [0.1, 0.15) is 38.8 Å². The van der Waals surface area contributed by atoms with Crippen LogP contribution in [-0.2, 0) is 26.4 Å². The van der Waals surface area contributed by atoms with E-state index in [2.05, 4.69) is 27.4 Å². The van der Waals surface area contributed by atoms with E-state index < -0.39 is 28.1 Å². The van der Waals surface area contributed by atoms with E-state index in [4.69, 9.17) is 15.4 Å². The van der Waals surface area contributed by atoms with Gasteiger partial charge in [-0.15, -0.1) is 0 Å². The molecule has 0 aromatic heterocycles. The lowest BCUT2D eigenvalue weighted by atomic mass is 9.84. The molecule has 2 heterocycles. The number of carbonyl (C=O) groups is 1.